The van der Waals surface area contributed by atoms with Gasteiger partial charge in [0.05, 0.1) is 0 Å². The van der Waals surface area contributed by atoms with Gasteiger partial charge in [-0.15, -0.1) is 0 Å². The number of hydrogen-bond donors (Lipinski definition) is 1. The van der Waals surface area contributed by atoms with Crippen LogP contribution in [0.2, 0.25) is 0 Å². The number of urea groups is 1. The van der Waals surface area contributed by atoms with Crippen LogP contribution in [0, 0.1) is 11.7 Å². The molecule has 2 heterocycles. The number of rotatable bonds is 4. The van der Waals surface area contributed by atoms with Crippen molar-refractivity contribution < 1.29 is 33.1 Å². The number of benzene rings is 1. The fourth-order valence-corrected chi connectivity index (χ4v) is 5.03. The van der Waals surface area contributed by atoms with Gasteiger partial charge < -0.3 is 10.1 Å². The number of amides is 5. The zero-order chi connectivity index (χ0) is 24.5. The molecule has 1 aromatic rings. The van der Waals surface area contributed by atoms with Crippen LogP contribution in [0.5, 0.6) is 0 Å². The molecule has 0 aromatic heterocycles. The van der Waals surface area contributed by atoms with Crippen LogP contribution in [0.4, 0.5) is 9.18 Å². The van der Waals surface area contributed by atoms with Gasteiger partial charge in [-0.25, -0.2) is 9.18 Å². The molecular weight excluding hydrogens is 445 g/mol. The van der Waals surface area contributed by atoms with Crippen molar-refractivity contribution in [3.63, 3.8) is 0 Å². The van der Waals surface area contributed by atoms with Crippen molar-refractivity contribution >= 4 is 29.7 Å². The lowest BCUT2D eigenvalue weighted by atomic mass is 9.73. The van der Waals surface area contributed by atoms with E-state index in [1.807, 2.05) is 6.92 Å². The average molecular weight is 474 g/mol. The number of likely N-dealkylation sites (tertiary alicyclic amines) is 1. The Hall–Kier alpha value is -3.30. The standard InChI is InChI=1S/C24H28FN3O6/c1-15-6-2-4-12-24(15)22(32)28(23(33)26-24)14-19(29)34-18-7-3-5-13-27(21(18)31)20(30)16-8-10-17(25)11-9-16/h8-11,15,18H,2-7,12-14H2,1H3,(H,26,33). The molecule has 3 aliphatic rings. The van der Waals surface area contributed by atoms with E-state index in [2.05, 4.69) is 5.32 Å². The highest BCUT2D eigenvalue weighted by atomic mass is 19.1. The number of hydrogen-bond acceptors (Lipinski definition) is 6. The second-order valence-corrected chi connectivity index (χ2v) is 9.22. The lowest BCUT2D eigenvalue weighted by Crippen LogP contribution is -2.54. The first-order valence-corrected chi connectivity index (χ1v) is 11.7. The summed E-state index contributed by atoms with van der Waals surface area (Å²) in [4.78, 5) is 65.9. The SMILES string of the molecule is CC1CCCCC12NC(=O)N(CC(=O)OC1CCCCN(C(=O)c3ccc(F)cc3)C1=O)C2=O. The van der Waals surface area contributed by atoms with Crippen LogP contribution < -0.4 is 5.32 Å². The van der Waals surface area contributed by atoms with E-state index in [1.165, 1.54) is 12.1 Å². The predicted octanol–water partition coefficient (Wildman–Crippen LogP) is 2.39. The maximum absolute atomic E-state index is 13.2. The molecule has 1 aromatic carbocycles. The third-order valence-corrected chi connectivity index (χ3v) is 7.04. The van der Waals surface area contributed by atoms with Crippen LogP contribution >= 0.6 is 0 Å². The average Bonchev–Trinajstić information content (AvgIpc) is 2.93. The minimum absolute atomic E-state index is 0.0480. The third kappa shape index (κ3) is 4.41. The molecule has 1 saturated carbocycles. The number of nitrogens with zero attached hydrogens (tertiary/aromatic N) is 2. The normalized spacial score (nSPS) is 27.5. The largest absolute Gasteiger partial charge is 0.451 e. The highest BCUT2D eigenvalue weighted by molar-refractivity contribution is 6.09. The van der Waals surface area contributed by atoms with Crippen LogP contribution in [0.25, 0.3) is 0 Å². The highest BCUT2D eigenvalue weighted by Gasteiger charge is 2.55. The van der Waals surface area contributed by atoms with Crippen molar-refractivity contribution in [2.24, 2.45) is 5.92 Å². The third-order valence-electron chi connectivity index (χ3n) is 7.04. The van der Waals surface area contributed by atoms with E-state index in [9.17, 15) is 28.4 Å². The van der Waals surface area contributed by atoms with Crippen LogP contribution in [0.15, 0.2) is 24.3 Å². The molecule has 1 N–H and O–H groups in total. The monoisotopic (exact) mass is 473 g/mol. The minimum atomic E-state index is -1.21. The second-order valence-electron chi connectivity index (χ2n) is 9.22. The van der Waals surface area contributed by atoms with Gasteiger partial charge in [0, 0.05) is 12.1 Å². The second kappa shape index (κ2) is 9.52. The molecular formula is C24H28FN3O6. The predicted molar refractivity (Wildman–Crippen MR) is 117 cm³/mol. The number of carbonyl (C=O) groups excluding carboxylic acids is 5. The van der Waals surface area contributed by atoms with Gasteiger partial charge in [-0.1, -0.05) is 19.8 Å². The van der Waals surface area contributed by atoms with E-state index in [-0.39, 0.29) is 24.4 Å². The van der Waals surface area contributed by atoms with E-state index >= 15 is 0 Å². The molecule has 1 spiro atoms. The molecule has 4 rings (SSSR count). The van der Waals surface area contributed by atoms with Gasteiger partial charge in [0.1, 0.15) is 17.9 Å². The molecule has 3 unspecified atom stereocenters. The number of halogens is 1. The van der Waals surface area contributed by atoms with Crippen molar-refractivity contribution in [1.29, 1.82) is 0 Å². The quantitative estimate of drug-likeness (QED) is 0.408. The molecule has 10 heteroatoms. The summed E-state index contributed by atoms with van der Waals surface area (Å²) in [6, 6.07) is 4.19. The summed E-state index contributed by atoms with van der Waals surface area (Å²) in [5.74, 6) is -3.16. The molecule has 2 saturated heterocycles. The Kier molecular flexibility index (Phi) is 6.67. The number of carbonyl (C=O) groups is 5. The number of ether oxygens (including phenoxy) is 1. The van der Waals surface area contributed by atoms with Gasteiger partial charge in [0.25, 0.3) is 17.7 Å². The fraction of sp³-hybridized carbons (Fsp3) is 0.542. The van der Waals surface area contributed by atoms with E-state index in [4.69, 9.17) is 4.74 Å². The summed E-state index contributed by atoms with van der Waals surface area (Å²) < 4.78 is 18.6. The van der Waals surface area contributed by atoms with Crippen LogP contribution in [-0.2, 0) is 19.1 Å². The molecule has 9 nitrogen and oxygen atoms in total. The zero-order valence-electron chi connectivity index (χ0n) is 19.0. The molecule has 0 bridgehead atoms. The first-order valence-electron chi connectivity index (χ1n) is 11.7. The maximum Gasteiger partial charge on any atom is 0.327 e. The summed E-state index contributed by atoms with van der Waals surface area (Å²) in [5, 5.41) is 2.77. The zero-order valence-corrected chi connectivity index (χ0v) is 19.0. The maximum atomic E-state index is 13.2. The van der Waals surface area contributed by atoms with Crippen molar-refractivity contribution in [3.8, 4) is 0 Å². The summed E-state index contributed by atoms with van der Waals surface area (Å²) >= 11 is 0. The Morgan fingerprint density at radius 1 is 1.09 bits per heavy atom. The fourth-order valence-electron chi connectivity index (χ4n) is 5.03. The van der Waals surface area contributed by atoms with Crippen molar-refractivity contribution in [3.05, 3.63) is 35.6 Å². The number of nitrogens with one attached hydrogen (secondary N) is 1. The van der Waals surface area contributed by atoms with Gasteiger partial charge in [-0.3, -0.25) is 29.0 Å². The summed E-state index contributed by atoms with van der Waals surface area (Å²) in [7, 11) is 0. The first kappa shape index (κ1) is 23.8. The summed E-state index contributed by atoms with van der Waals surface area (Å²) in [5.41, 5.74) is -0.848. The number of imide groups is 2. The molecule has 182 valence electrons. The molecule has 3 fully saturated rings. The Bertz CT molecular complexity index is 1010. The smallest absolute Gasteiger partial charge is 0.327 e. The first-order chi connectivity index (χ1) is 16.2. The van der Waals surface area contributed by atoms with Crippen molar-refractivity contribution in [2.45, 2.75) is 63.5 Å². The van der Waals surface area contributed by atoms with Crippen LogP contribution in [-0.4, -0.2) is 64.3 Å². The summed E-state index contributed by atoms with van der Waals surface area (Å²) in [6.45, 7) is 1.46. The van der Waals surface area contributed by atoms with E-state index < -0.39 is 53.7 Å². The highest BCUT2D eigenvalue weighted by Crippen LogP contribution is 2.38. The van der Waals surface area contributed by atoms with E-state index in [0.717, 1.165) is 41.2 Å². The summed E-state index contributed by atoms with van der Waals surface area (Å²) in [6.07, 6.45) is 3.20. The lowest BCUT2D eigenvalue weighted by Gasteiger charge is -2.36. The minimum Gasteiger partial charge on any atom is -0.451 e. The Labute approximate surface area is 196 Å². The van der Waals surface area contributed by atoms with Crippen molar-refractivity contribution in [2.75, 3.05) is 13.1 Å². The lowest BCUT2D eigenvalue weighted by molar-refractivity contribution is -0.160. The van der Waals surface area contributed by atoms with Gasteiger partial charge >= 0.3 is 12.0 Å². The molecule has 3 atom stereocenters. The van der Waals surface area contributed by atoms with Crippen LogP contribution in [0.1, 0.15) is 62.2 Å². The van der Waals surface area contributed by atoms with Gasteiger partial charge in [0.2, 0.25) is 0 Å². The van der Waals surface area contributed by atoms with E-state index in [1.54, 1.807) is 0 Å². The molecule has 5 amide bonds. The Morgan fingerprint density at radius 3 is 2.50 bits per heavy atom. The van der Waals surface area contributed by atoms with Crippen LogP contribution in [0.3, 0.4) is 0 Å². The van der Waals surface area contributed by atoms with E-state index in [0.29, 0.717) is 19.3 Å². The Morgan fingerprint density at radius 2 is 1.79 bits per heavy atom. The topological polar surface area (TPSA) is 113 Å². The molecule has 34 heavy (non-hydrogen) atoms. The molecule has 1 aliphatic carbocycles. The molecule has 0 radical (unpaired) electrons. The van der Waals surface area contributed by atoms with Gasteiger partial charge in [0.15, 0.2) is 6.10 Å². The molecule has 2 aliphatic heterocycles. The number of esters is 1. The van der Waals surface area contributed by atoms with Gasteiger partial charge in [-0.05, 0) is 62.3 Å². The van der Waals surface area contributed by atoms with Gasteiger partial charge in [-0.2, -0.15) is 0 Å². The van der Waals surface area contributed by atoms with Crippen molar-refractivity contribution in [1.82, 2.24) is 15.1 Å². The Balaban J connectivity index is 1.42.